The van der Waals surface area contributed by atoms with E-state index < -0.39 is 5.97 Å². The number of aliphatic carboxylic acids is 1. The van der Waals surface area contributed by atoms with Crippen LogP contribution in [-0.4, -0.2) is 23.5 Å². The molecule has 0 bridgehead atoms. The maximum atomic E-state index is 11.5. The minimum absolute atomic E-state index is 0.0559. The summed E-state index contributed by atoms with van der Waals surface area (Å²) >= 11 is 6.32. The topological polar surface area (TPSA) is 57.6 Å². The number of amides is 1. The largest absolute Gasteiger partial charge is 0.481 e. The standard InChI is InChI=1S/C15H18ClNO3/c1-10(18)17-8-7-12-9-11(5-6-14(12)17)13(16)3-2-4-15(19)20/h5-6,9,13H,2-4,7-8H2,1H3,(H,19,20). The number of fused-ring (bicyclic) bond motifs is 1. The molecular formula is C15H18ClNO3. The van der Waals surface area contributed by atoms with Crippen molar-refractivity contribution in [2.24, 2.45) is 0 Å². The highest BCUT2D eigenvalue weighted by Crippen LogP contribution is 2.34. The smallest absolute Gasteiger partial charge is 0.303 e. The number of rotatable bonds is 5. The van der Waals surface area contributed by atoms with Gasteiger partial charge in [0.05, 0.1) is 5.38 Å². The van der Waals surface area contributed by atoms with Crippen LogP contribution in [0.5, 0.6) is 0 Å². The van der Waals surface area contributed by atoms with Gasteiger partial charge in [-0.2, -0.15) is 0 Å². The normalized spacial score (nSPS) is 15.0. The van der Waals surface area contributed by atoms with Gasteiger partial charge in [0.2, 0.25) is 5.91 Å². The van der Waals surface area contributed by atoms with Gasteiger partial charge < -0.3 is 10.0 Å². The molecule has 0 aliphatic carbocycles. The molecule has 108 valence electrons. The third-order valence-electron chi connectivity index (χ3n) is 3.59. The Labute approximate surface area is 123 Å². The van der Waals surface area contributed by atoms with Crippen LogP contribution < -0.4 is 4.90 Å². The average Bonchev–Trinajstić information content (AvgIpc) is 2.80. The lowest BCUT2D eigenvalue weighted by Crippen LogP contribution is -2.25. The van der Waals surface area contributed by atoms with E-state index in [9.17, 15) is 9.59 Å². The highest BCUT2D eigenvalue weighted by molar-refractivity contribution is 6.20. The average molecular weight is 296 g/mol. The number of carbonyl (C=O) groups excluding carboxylic acids is 1. The Bertz CT molecular complexity index is 530. The summed E-state index contributed by atoms with van der Waals surface area (Å²) in [6.45, 7) is 2.29. The van der Waals surface area contributed by atoms with Crippen LogP contribution in [-0.2, 0) is 16.0 Å². The van der Waals surface area contributed by atoms with E-state index in [-0.39, 0.29) is 17.7 Å². The second kappa shape index (κ2) is 6.27. The van der Waals surface area contributed by atoms with E-state index in [0.29, 0.717) is 12.8 Å². The SMILES string of the molecule is CC(=O)N1CCc2cc(C(Cl)CCCC(=O)O)ccc21. The summed E-state index contributed by atoms with van der Waals surface area (Å²) in [5.74, 6) is -0.736. The van der Waals surface area contributed by atoms with Crippen LogP contribution in [0.15, 0.2) is 18.2 Å². The van der Waals surface area contributed by atoms with Gasteiger partial charge in [0.1, 0.15) is 0 Å². The summed E-state index contributed by atoms with van der Waals surface area (Å²) in [5.41, 5.74) is 3.11. The number of carboxylic acids is 1. The number of alkyl halides is 1. The van der Waals surface area contributed by atoms with Crippen molar-refractivity contribution in [3.8, 4) is 0 Å². The molecule has 1 atom stereocenters. The van der Waals surface area contributed by atoms with Crippen molar-refractivity contribution < 1.29 is 14.7 Å². The molecular weight excluding hydrogens is 278 g/mol. The Morgan fingerprint density at radius 2 is 2.20 bits per heavy atom. The number of halogens is 1. The molecule has 0 saturated heterocycles. The first-order valence-electron chi connectivity index (χ1n) is 6.76. The quantitative estimate of drug-likeness (QED) is 0.849. The summed E-state index contributed by atoms with van der Waals surface area (Å²) in [7, 11) is 0. The lowest BCUT2D eigenvalue weighted by molar-refractivity contribution is -0.137. The molecule has 4 nitrogen and oxygen atoms in total. The first kappa shape index (κ1) is 14.9. The lowest BCUT2D eigenvalue weighted by atomic mass is 10.0. The molecule has 1 aliphatic heterocycles. The van der Waals surface area contributed by atoms with Gasteiger partial charge in [0.15, 0.2) is 0 Å². The number of nitrogens with zero attached hydrogens (tertiary/aromatic N) is 1. The zero-order chi connectivity index (χ0) is 14.7. The molecule has 5 heteroatoms. The maximum absolute atomic E-state index is 11.5. The van der Waals surface area contributed by atoms with Crippen LogP contribution in [0.2, 0.25) is 0 Å². The molecule has 0 radical (unpaired) electrons. The van der Waals surface area contributed by atoms with Crippen molar-refractivity contribution in [2.75, 3.05) is 11.4 Å². The molecule has 1 amide bonds. The fourth-order valence-corrected chi connectivity index (χ4v) is 2.83. The van der Waals surface area contributed by atoms with Crippen LogP contribution in [0.25, 0.3) is 0 Å². The number of benzene rings is 1. The third kappa shape index (κ3) is 3.31. The monoisotopic (exact) mass is 295 g/mol. The zero-order valence-corrected chi connectivity index (χ0v) is 12.2. The van der Waals surface area contributed by atoms with Crippen LogP contribution >= 0.6 is 11.6 Å². The Balaban J connectivity index is 2.04. The summed E-state index contributed by atoms with van der Waals surface area (Å²) < 4.78 is 0. The molecule has 2 rings (SSSR count). The van der Waals surface area contributed by atoms with Crippen LogP contribution in [0.1, 0.15) is 42.7 Å². The number of hydrogen-bond acceptors (Lipinski definition) is 2. The van der Waals surface area contributed by atoms with Crippen molar-refractivity contribution in [1.82, 2.24) is 0 Å². The molecule has 1 aromatic rings. The predicted octanol–water partition coefficient (Wildman–Crippen LogP) is 3.13. The van der Waals surface area contributed by atoms with E-state index in [0.717, 1.165) is 29.8 Å². The first-order chi connectivity index (χ1) is 9.49. The molecule has 0 spiro atoms. The van der Waals surface area contributed by atoms with Gasteiger partial charge in [0, 0.05) is 25.6 Å². The van der Waals surface area contributed by atoms with E-state index in [1.54, 1.807) is 11.8 Å². The van der Waals surface area contributed by atoms with E-state index in [1.807, 2.05) is 18.2 Å². The molecule has 0 saturated carbocycles. The summed E-state index contributed by atoms with van der Waals surface area (Å²) in [6, 6.07) is 5.90. The van der Waals surface area contributed by atoms with Gasteiger partial charge in [-0.05, 0) is 36.5 Å². The van der Waals surface area contributed by atoms with Crippen molar-refractivity contribution >= 4 is 29.2 Å². The predicted molar refractivity (Wildman–Crippen MR) is 78.3 cm³/mol. The minimum Gasteiger partial charge on any atom is -0.481 e. The number of carbonyl (C=O) groups is 2. The molecule has 20 heavy (non-hydrogen) atoms. The second-order valence-electron chi connectivity index (χ2n) is 5.06. The van der Waals surface area contributed by atoms with E-state index in [1.165, 1.54) is 0 Å². The Hall–Kier alpha value is -1.55. The fourth-order valence-electron chi connectivity index (χ4n) is 2.54. The number of hydrogen-bond donors (Lipinski definition) is 1. The van der Waals surface area contributed by atoms with Crippen molar-refractivity contribution in [3.63, 3.8) is 0 Å². The first-order valence-corrected chi connectivity index (χ1v) is 7.19. The van der Waals surface area contributed by atoms with Gasteiger partial charge in [0.25, 0.3) is 0 Å². The van der Waals surface area contributed by atoms with E-state index in [4.69, 9.17) is 16.7 Å². The Morgan fingerprint density at radius 3 is 2.85 bits per heavy atom. The zero-order valence-electron chi connectivity index (χ0n) is 11.4. The second-order valence-corrected chi connectivity index (χ2v) is 5.59. The molecule has 1 N–H and O–H groups in total. The lowest BCUT2D eigenvalue weighted by Gasteiger charge is -2.16. The molecule has 0 fully saturated rings. The molecule has 1 heterocycles. The van der Waals surface area contributed by atoms with Gasteiger partial charge in [-0.25, -0.2) is 0 Å². The molecule has 1 aromatic carbocycles. The number of carboxylic acid groups (broad SMARTS) is 1. The Morgan fingerprint density at radius 1 is 1.45 bits per heavy atom. The number of anilines is 1. The third-order valence-corrected chi connectivity index (χ3v) is 4.06. The highest BCUT2D eigenvalue weighted by atomic mass is 35.5. The Kier molecular flexibility index (Phi) is 4.65. The van der Waals surface area contributed by atoms with Gasteiger partial charge >= 0.3 is 5.97 Å². The van der Waals surface area contributed by atoms with Crippen LogP contribution in [0.3, 0.4) is 0 Å². The van der Waals surface area contributed by atoms with Gasteiger partial charge in [-0.1, -0.05) is 12.1 Å². The highest BCUT2D eigenvalue weighted by Gasteiger charge is 2.23. The van der Waals surface area contributed by atoms with E-state index >= 15 is 0 Å². The minimum atomic E-state index is -0.792. The summed E-state index contributed by atoms with van der Waals surface area (Å²) in [4.78, 5) is 23.7. The molecule has 1 unspecified atom stereocenters. The fraction of sp³-hybridized carbons (Fsp3) is 0.467. The van der Waals surface area contributed by atoms with Crippen molar-refractivity contribution in [3.05, 3.63) is 29.3 Å². The van der Waals surface area contributed by atoms with Gasteiger partial charge in [-0.3, -0.25) is 9.59 Å². The summed E-state index contributed by atoms with van der Waals surface area (Å²) in [5, 5.41) is 8.45. The van der Waals surface area contributed by atoms with Gasteiger partial charge in [-0.15, -0.1) is 11.6 Å². The van der Waals surface area contributed by atoms with Crippen molar-refractivity contribution in [2.45, 2.75) is 38.0 Å². The molecule has 0 aromatic heterocycles. The van der Waals surface area contributed by atoms with Crippen LogP contribution in [0.4, 0.5) is 5.69 Å². The van der Waals surface area contributed by atoms with E-state index in [2.05, 4.69) is 0 Å². The molecule has 1 aliphatic rings. The van der Waals surface area contributed by atoms with Crippen LogP contribution in [0, 0.1) is 0 Å². The van der Waals surface area contributed by atoms with Crippen molar-refractivity contribution in [1.29, 1.82) is 0 Å². The maximum Gasteiger partial charge on any atom is 0.303 e. The summed E-state index contributed by atoms with van der Waals surface area (Å²) in [6.07, 6.45) is 2.21.